The summed E-state index contributed by atoms with van der Waals surface area (Å²) in [7, 11) is 0. The zero-order chi connectivity index (χ0) is 10.8. The van der Waals surface area contributed by atoms with Crippen molar-refractivity contribution >= 4 is 15.9 Å². The van der Waals surface area contributed by atoms with Crippen molar-refractivity contribution in [2.24, 2.45) is 11.7 Å². The van der Waals surface area contributed by atoms with E-state index in [1.54, 1.807) is 12.1 Å². The van der Waals surface area contributed by atoms with E-state index in [1.165, 1.54) is 25.7 Å². The van der Waals surface area contributed by atoms with Crippen LogP contribution in [-0.4, -0.2) is 0 Å². The molecule has 0 bridgehead atoms. The molecule has 3 heteroatoms. The first-order valence-electron chi connectivity index (χ1n) is 5.39. The Kier molecular flexibility index (Phi) is 3.42. The molecular formula is C12H15BrFN. The number of rotatable bonds is 2. The molecule has 2 rings (SSSR count). The summed E-state index contributed by atoms with van der Waals surface area (Å²) in [6, 6.07) is 5.19. The lowest BCUT2D eigenvalue weighted by molar-refractivity contribution is 0.443. The molecule has 1 aliphatic rings. The quantitative estimate of drug-likeness (QED) is 0.871. The molecule has 0 spiro atoms. The van der Waals surface area contributed by atoms with Crippen LogP contribution in [0.2, 0.25) is 0 Å². The van der Waals surface area contributed by atoms with Gasteiger partial charge in [0.1, 0.15) is 5.82 Å². The minimum Gasteiger partial charge on any atom is -0.324 e. The van der Waals surface area contributed by atoms with Gasteiger partial charge >= 0.3 is 0 Å². The van der Waals surface area contributed by atoms with Gasteiger partial charge in [-0.2, -0.15) is 0 Å². The van der Waals surface area contributed by atoms with Gasteiger partial charge in [0.15, 0.2) is 0 Å². The average molecular weight is 272 g/mol. The van der Waals surface area contributed by atoms with Crippen LogP contribution in [0.1, 0.15) is 37.3 Å². The van der Waals surface area contributed by atoms with E-state index < -0.39 is 0 Å². The number of hydrogen-bond acceptors (Lipinski definition) is 1. The van der Waals surface area contributed by atoms with Crippen molar-refractivity contribution in [2.45, 2.75) is 31.7 Å². The zero-order valence-corrected chi connectivity index (χ0v) is 10.1. The van der Waals surface area contributed by atoms with Crippen molar-refractivity contribution in [3.63, 3.8) is 0 Å². The molecule has 1 saturated carbocycles. The lowest BCUT2D eigenvalue weighted by Gasteiger charge is -2.19. The van der Waals surface area contributed by atoms with Crippen molar-refractivity contribution in [2.75, 3.05) is 0 Å². The third kappa shape index (κ3) is 2.40. The fraction of sp³-hybridized carbons (Fsp3) is 0.500. The minimum atomic E-state index is -0.221. The van der Waals surface area contributed by atoms with Crippen LogP contribution in [0.3, 0.4) is 0 Å². The van der Waals surface area contributed by atoms with E-state index in [2.05, 4.69) is 15.9 Å². The van der Waals surface area contributed by atoms with E-state index in [1.807, 2.05) is 6.07 Å². The molecule has 1 aromatic carbocycles. The van der Waals surface area contributed by atoms with Crippen molar-refractivity contribution < 1.29 is 4.39 Å². The van der Waals surface area contributed by atoms with Crippen LogP contribution >= 0.6 is 15.9 Å². The number of halogens is 2. The third-order valence-corrected chi connectivity index (χ3v) is 3.88. The predicted molar refractivity (Wildman–Crippen MR) is 63.0 cm³/mol. The Labute approximate surface area is 98.0 Å². The molecular weight excluding hydrogens is 257 g/mol. The van der Waals surface area contributed by atoms with Gasteiger partial charge in [-0.1, -0.05) is 18.9 Å². The van der Waals surface area contributed by atoms with E-state index >= 15 is 0 Å². The lowest BCUT2D eigenvalue weighted by Crippen LogP contribution is -2.19. The first-order valence-corrected chi connectivity index (χ1v) is 6.18. The van der Waals surface area contributed by atoms with Crippen LogP contribution in [-0.2, 0) is 0 Å². The maximum absolute atomic E-state index is 13.3. The summed E-state index contributed by atoms with van der Waals surface area (Å²) < 4.78 is 13.8. The highest BCUT2D eigenvalue weighted by molar-refractivity contribution is 9.10. The minimum absolute atomic E-state index is 0.00454. The zero-order valence-electron chi connectivity index (χ0n) is 8.55. The van der Waals surface area contributed by atoms with Gasteiger partial charge in [0.25, 0.3) is 0 Å². The number of benzene rings is 1. The van der Waals surface area contributed by atoms with E-state index in [9.17, 15) is 4.39 Å². The molecule has 0 aliphatic heterocycles. The highest BCUT2D eigenvalue weighted by Crippen LogP contribution is 2.34. The molecule has 0 amide bonds. The fourth-order valence-electron chi connectivity index (χ4n) is 2.31. The Hall–Kier alpha value is -0.410. The number of nitrogens with two attached hydrogens (primary N) is 1. The highest BCUT2D eigenvalue weighted by atomic mass is 79.9. The highest BCUT2D eigenvalue weighted by Gasteiger charge is 2.23. The van der Waals surface area contributed by atoms with Gasteiger partial charge in [-0.3, -0.25) is 0 Å². The molecule has 0 radical (unpaired) electrons. The van der Waals surface area contributed by atoms with Gasteiger partial charge in [-0.15, -0.1) is 0 Å². The Morgan fingerprint density at radius 3 is 2.60 bits per heavy atom. The maximum Gasteiger partial charge on any atom is 0.137 e. The van der Waals surface area contributed by atoms with Crippen LogP contribution in [0.4, 0.5) is 4.39 Å². The summed E-state index contributed by atoms with van der Waals surface area (Å²) in [5, 5.41) is 0. The standard InChI is InChI=1S/C12H15BrFN/c13-10-6-5-9(7-11(10)14)12(15)8-3-1-2-4-8/h5-8,12H,1-4,15H2. The van der Waals surface area contributed by atoms with E-state index in [0.29, 0.717) is 10.4 Å². The van der Waals surface area contributed by atoms with Crippen molar-refractivity contribution in [1.82, 2.24) is 0 Å². The lowest BCUT2D eigenvalue weighted by atomic mass is 9.92. The van der Waals surface area contributed by atoms with E-state index in [-0.39, 0.29) is 11.9 Å². The van der Waals surface area contributed by atoms with Crippen LogP contribution in [0.15, 0.2) is 22.7 Å². The molecule has 0 aromatic heterocycles. The summed E-state index contributed by atoms with van der Waals surface area (Å²) in [4.78, 5) is 0. The van der Waals surface area contributed by atoms with Gasteiger partial charge < -0.3 is 5.73 Å². The Morgan fingerprint density at radius 1 is 1.33 bits per heavy atom. The van der Waals surface area contributed by atoms with Crippen LogP contribution in [0.25, 0.3) is 0 Å². The molecule has 2 N–H and O–H groups in total. The first kappa shape index (κ1) is 11.1. The molecule has 82 valence electrons. The summed E-state index contributed by atoms with van der Waals surface area (Å²) in [5.74, 6) is 0.312. The maximum atomic E-state index is 13.3. The molecule has 1 fully saturated rings. The van der Waals surface area contributed by atoms with Crippen molar-refractivity contribution in [1.29, 1.82) is 0 Å². The normalized spacial score (nSPS) is 19.4. The third-order valence-electron chi connectivity index (χ3n) is 3.24. The molecule has 1 unspecified atom stereocenters. The summed E-state index contributed by atoms with van der Waals surface area (Å²) in [5.41, 5.74) is 7.06. The van der Waals surface area contributed by atoms with Gasteiger partial charge in [0.05, 0.1) is 4.47 Å². The van der Waals surface area contributed by atoms with Crippen LogP contribution < -0.4 is 5.73 Å². The first-order chi connectivity index (χ1) is 7.18. The molecule has 1 atom stereocenters. The Morgan fingerprint density at radius 2 is 2.00 bits per heavy atom. The second kappa shape index (κ2) is 4.62. The smallest absolute Gasteiger partial charge is 0.137 e. The molecule has 1 aliphatic carbocycles. The summed E-state index contributed by atoms with van der Waals surface area (Å²) in [6.07, 6.45) is 4.88. The van der Waals surface area contributed by atoms with Gasteiger partial charge in [0.2, 0.25) is 0 Å². The fourth-order valence-corrected chi connectivity index (χ4v) is 2.56. The molecule has 1 aromatic rings. The second-order valence-corrected chi connectivity index (χ2v) is 5.10. The van der Waals surface area contributed by atoms with E-state index in [4.69, 9.17) is 5.73 Å². The van der Waals surface area contributed by atoms with Crippen molar-refractivity contribution in [3.05, 3.63) is 34.1 Å². The van der Waals surface area contributed by atoms with Gasteiger partial charge in [0, 0.05) is 6.04 Å². The number of hydrogen-bond donors (Lipinski definition) is 1. The topological polar surface area (TPSA) is 26.0 Å². The SMILES string of the molecule is NC(c1ccc(Br)c(F)c1)C1CCCC1. The average Bonchev–Trinajstić information content (AvgIpc) is 2.74. The second-order valence-electron chi connectivity index (χ2n) is 4.24. The van der Waals surface area contributed by atoms with E-state index in [0.717, 1.165) is 5.56 Å². The summed E-state index contributed by atoms with van der Waals surface area (Å²) >= 11 is 3.15. The summed E-state index contributed by atoms with van der Waals surface area (Å²) in [6.45, 7) is 0. The molecule has 0 heterocycles. The molecule has 0 saturated heterocycles. The van der Waals surface area contributed by atoms with Crippen LogP contribution in [0, 0.1) is 11.7 Å². The van der Waals surface area contributed by atoms with Crippen molar-refractivity contribution in [3.8, 4) is 0 Å². The van der Waals surface area contributed by atoms with Gasteiger partial charge in [-0.25, -0.2) is 4.39 Å². The molecule has 1 nitrogen and oxygen atoms in total. The largest absolute Gasteiger partial charge is 0.324 e. The van der Waals surface area contributed by atoms with Gasteiger partial charge in [-0.05, 0) is 52.4 Å². The molecule has 15 heavy (non-hydrogen) atoms. The monoisotopic (exact) mass is 271 g/mol. The Bertz CT molecular complexity index is 347. The van der Waals surface area contributed by atoms with Crippen LogP contribution in [0.5, 0.6) is 0 Å². The predicted octanol–water partition coefficient (Wildman–Crippen LogP) is 3.78. The Balaban J connectivity index is 2.17.